The highest BCUT2D eigenvalue weighted by Gasteiger charge is 2.37. The summed E-state index contributed by atoms with van der Waals surface area (Å²) in [6.07, 6.45) is 1.93. The lowest BCUT2D eigenvalue weighted by atomic mass is 10.1. The van der Waals surface area contributed by atoms with Crippen LogP contribution < -0.4 is 15.8 Å². The zero-order chi connectivity index (χ0) is 17.8. The third-order valence-corrected chi connectivity index (χ3v) is 4.02. The van der Waals surface area contributed by atoms with E-state index in [1.54, 1.807) is 24.3 Å². The SMILES string of the molecule is CNC(=O)[C@@H]1C[C@H](N)CN1C(=O)COc1ccc(-n2cnnn2)cc1. The molecule has 0 spiro atoms. The Labute approximate surface area is 143 Å². The minimum atomic E-state index is -0.543. The molecule has 0 saturated carbocycles. The average Bonchev–Trinajstić information content (AvgIpc) is 3.29. The molecule has 1 fully saturated rings. The van der Waals surface area contributed by atoms with E-state index >= 15 is 0 Å². The average molecular weight is 345 g/mol. The molecule has 25 heavy (non-hydrogen) atoms. The van der Waals surface area contributed by atoms with Crippen molar-refractivity contribution in [3.05, 3.63) is 30.6 Å². The second-order valence-electron chi connectivity index (χ2n) is 5.71. The summed E-state index contributed by atoms with van der Waals surface area (Å²) >= 11 is 0. The van der Waals surface area contributed by atoms with Crippen LogP contribution in [0.25, 0.3) is 5.69 Å². The number of amides is 2. The van der Waals surface area contributed by atoms with Crippen LogP contribution in [0.2, 0.25) is 0 Å². The number of ether oxygens (including phenoxy) is 1. The maximum atomic E-state index is 12.4. The lowest BCUT2D eigenvalue weighted by molar-refractivity contribution is -0.139. The van der Waals surface area contributed by atoms with E-state index in [4.69, 9.17) is 10.5 Å². The second-order valence-corrected chi connectivity index (χ2v) is 5.71. The molecule has 10 nitrogen and oxygen atoms in total. The van der Waals surface area contributed by atoms with Crippen molar-refractivity contribution in [3.8, 4) is 11.4 Å². The van der Waals surface area contributed by atoms with Gasteiger partial charge in [-0.2, -0.15) is 0 Å². The minimum absolute atomic E-state index is 0.162. The molecular weight excluding hydrogens is 326 g/mol. The zero-order valence-electron chi connectivity index (χ0n) is 13.7. The van der Waals surface area contributed by atoms with Crippen molar-refractivity contribution in [1.82, 2.24) is 30.4 Å². The van der Waals surface area contributed by atoms with Gasteiger partial charge in [-0.3, -0.25) is 9.59 Å². The molecular formula is C15H19N7O3. The van der Waals surface area contributed by atoms with Crippen molar-refractivity contribution >= 4 is 11.8 Å². The first-order valence-electron chi connectivity index (χ1n) is 7.81. The smallest absolute Gasteiger partial charge is 0.261 e. The molecule has 3 rings (SSSR count). The normalized spacial score (nSPS) is 19.7. The molecule has 2 atom stereocenters. The summed E-state index contributed by atoms with van der Waals surface area (Å²) in [6, 6.07) is 6.23. The van der Waals surface area contributed by atoms with Crippen molar-refractivity contribution in [2.75, 3.05) is 20.2 Å². The molecule has 1 aliphatic heterocycles. The van der Waals surface area contributed by atoms with Gasteiger partial charge < -0.3 is 20.7 Å². The van der Waals surface area contributed by atoms with Gasteiger partial charge in [-0.1, -0.05) is 0 Å². The molecule has 1 aliphatic rings. The van der Waals surface area contributed by atoms with Crippen LogP contribution in [0.15, 0.2) is 30.6 Å². The van der Waals surface area contributed by atoms with Gasteiger partial charge in [0.1, 0.15) is 18.1 Å². The first-order chi connectivity index (χ1) is 12.1. The van der Waals surface area contributed by atoms with Gasteiger partial charge in [0.15, 0.2) is 6.61 Å². The van der Waals surface area contributed by atoms with Crippen LogP contribution in [0, 0.1) is 0 Å². The Balaban J connectivity index is 1.59. The number of nitrogens with one attached hydrogen (secondary N) is 1. The van der Waals surface area contributed by atoms with Crippen LogP contribution in [-0.4, -0.2) is 69.2 Å². The second kappa shape index (κ2) is 7.26. The number of aromatic nitrogens is 4. The fourth-order valence-electron chi connectivity index (χ4n) is 2.76. The molecule has 2 aromatic rings. The summed E-state index contributed by atoms with van der Waals surface area (Å²) in [5, 5.41) is 13.5. The predicted octanol–water partition coefficient (Wildman–Crippen LogP) is -1.28. The number of rotatable bonds is 5. The van der Waals surface area contributed by atoms with Crippen molar-refractivity contribution in [2.45, 2.75) is 18.5 Å². The number of hydrogen-bond acceptors (Lipinski definition) is 7. The van der Waals surface area contributed by atoms with Gasteiger partial charge in [-0.25, -0.2) is 4.68 Å². The van der Waals surface area contributed by atoms with E-state index in [0.717, 1.165) is 5.69 Å². The number of tetrazole rings is 1. The molecule has 0 unspecified atom stereocenters. The van der Waals surface area contributed by atoms with E-state index in [2.05, 4.69) is 20.8 Å². The van der Waals surface area contributed by atoms with Gasteiger partial charge in [-0.05, 0) is 41.1 Å². The highest BCUT2D eigenvalue weighted by molar-refractivity contribution is 5.88. The Bertz CT molecular complexity index is 732. The van der Waals surface area contributed by atoms with Crippen LogP contribution in [0.3, 0.4) is 0 Å². The van der Waals surface area contributed by atoms with Gasteiger partial charge >= 0.3 is 0 Å². The minimum Gasteiger partial charge on any atom is -0.484 e. The molecule has 1 saturated heterocycles. The maximum Gasteiger partial charge on any atom is 0.261 e. The van der Waals surface area contributed by atoms with Gasteiger partial charge in [0, 0.05) is 19.6 Å². The topological polar surface area (TPSA) is 128 Å². The van der Waals surface area contributed by atoms with Crippen molar-refractivity contribution < 1.29 is 14.3 Å². The van der Waals surface area contributed by atoms with Gasteiger partial charge in [0.25, 0.3) is 5.91 Å². The van der Waals surface area contributed by atoms with E-state index < -0.39 is 6.04 Å². The molecule has 0 radical (unpaired) electrons. The quantitative estimate of drug-likeness (QED) is 0.690. The van der Waals surface area contributed by atoms with E-state index in [0.29, 0.717) is 18.7 Å². The third kappa shape index (κ3) is 3.74. The number of carbonyl (C=O) groups excluding carboxylic acids is 2. The Hall–Kier alpha value is -3.01. The molecule has 10 heteroatoms. The number of benzene rings is 1. The number of nitrogens with zero attached hydrogens (tertiary/aromatic N) is 5. The third-order valence-electron chi connectivity index (χ3n) is 4.02. The number of nitrogens with two attached hydrogens (primary N) is 1. The molecule has 3 N–H and O–H groups in total. The lowest BCUT2D eigenvalue weighted by Gasteiger charge is -2.23. The van der Waals surface area contributed by atoms with Crippen LogP contribution in [-0.2, 0) is 9.59 Å². The van der Waals surface area contributed by atoms with E-state index in [-0.39, 0.29) is 24.5 Å². The summed E-state index contributed by atoms with van der Waals surface area (Å²) in [4.78, 5) is 25.7. The Kier molecular flexibility index (Phi) is 4.89. The van der Waals surface area contributed by atoms with Crippen molar-refractivity contribution in [3.63, 3.8) is 0 Å². The fourth-order valence-corrected chi connectivity index (χ4v) is 2.76. The van der Waals surface area contributed by atoms with Crippen LogP contribution in [0.1, 0.15) is 6.42 Å². The fraction of sp³-hybridized carbons (Fsp3) is 0.400. The van der Waals surface area contributed by atoms with Crippen LogP contribution in [0.4, 0.5) is 0 Å². The van der Waals surface area contributed by atoms with E-state index in [1.165, 1.54) is 23.0 Å². The maximum absolute atomic E-state index is 12.4. The molecule has 132 valence electrons. The zero-order valence-corrected chi connectivity index (χ0v) is 13.7. The highest BCUT2D eigenvalue weighted by Crippen LogP contribution is 2.18. The number of likely N-dealkylation sites (tertiary alicyclic amines) is 1. The molecule has 1 aromatic carbocycles. The Morgan fingerprint density at radius 1 is 1.36 bits per heavy atom. The van der Waals surface area contributed by atoms with Gasteiger partial charge in [0.05, 0.1) is 5.69 Å². The van der Waals surface area contributed by atoms with E-state index in [9.17, 15) is 9.59 Å². The standard InChI is InChI=1S/C15H19N7O3/c1-17-15(24)13-6-10(16)7-21(13)14(23)8-25-12-4-2-11(3-5-12)22-9-18-19-20-22/h2-5,9-10,13H,6-8,16H2,1H3,(H,17,24)/t10-,13-/m0/s1. The van der Waals surface area contributed by atoms with Crippen molar-refractivity contribution in [1.29, 1.82) is 0 Å². The monoisotopic (exact) mass is 345 g/mol. The Morgan fingerprint density at radius 2 is 2.12 bits per heavy atom. The molecule has 1 aromatic heterocycles. The molecule has 0 bridgehead atoms. The number of hydrogen-bond donors (Lipinski definition) is 2. The summed E-state index contributed by atoms with van der Waals surface area (Å²) < 4.78 is 7.03. The summed E-state index contributed by atoms with van der Waals surface area (Å²) in [7, 11) is 1.54. The van der Waals surface area contributed by atoms with E-state index in [1.807, 2.05) is 0 Å². The first-order valence-corrected chi connectivity index (χ1v) is 7.81. The van der Waals surface area contributed by atoms with Gasteiger partial charge in [-0.15, -0.1) is 5.10 Å². The number of carbonyl (C=O) groups is 2. The highest BCUT2D eigenvalue weighted by atomic mass is 16.5. The van der Waals surface area contributed by atoms with Crippen LogP contribution >= 0.6 is 0 Å². The largest absolute Gasteiger partial charge is 0.484 e. The first kappa shape index (κ1) is 16.8. The molecule has 2 amide bonds. The number of likely N-dealkylation sites (N-methyl/N-ethyl adjacent to an activating group) is 1. The molecule has 2 heterocycles. The summed E-state index contributed by atoms with van der Waals surface area (Å²) in [5.41, 5.74) is 6.66. The summed E-state index contributed by atoms with van der Waals surface area (Å²) in [5.74, 6) is 0.0448. The van der Waals surface area contributed by atoms with Crippen molar-refractivity contribution in [2.24, 2.45) is 5.73 Å². The molecule has 0 aliphatic carbocycles. The Morgan fingerprint density at radius 3 is 2.76 bits per heavy atom. The summed E-state index contributed by atoms with van der Waals surface area (Å²) in [6.45, 7) is 0.183. The van der Waals surface area contributed by atoms with Gasteiger partial charge in [0.2, 0.25) is 5.91 Å². The lowest BCUT2D eigenvalue weighted by Crippen LogP contribution is -2.46. The predicted molar refractivity (Wildman–Crippen MR) is 86.8 cm³/mol. The van der Waals surface area contributed by atoms with Crippen LogP contribution in [0.5, 0.6) is 5.75 Å².